The molecule has 106 valence electrons. The first-order valence-electron chi connectivity index (χ1n) is 6.51. The third-order valence-corrected chi connectivity index (χ3v) is 4.19. The quantitative estimate of drug-likeness (QED) is 0.874. The van der Waals surface area contributed by atoms with Crippen molar-refractivity contribution in [1.82, 2.24) is 0 Å². The van der Waals surface area contributed by atoms with Crippen molar-refractivity contribution >= 4 is 22.9 Å². The van der Waals surface area contributed by atoms with Crippen LogP contribution >= 0.6 is 11.3 Å². The summed E-state index contributed by atoms with van der Waals surface area (Å²) in [4.78, 5) is 13.3. The summed E-state index contributed by atoms with van der Waals surface area (Å²) in [5.74, 6) is -0.613. The van der Waals surface area contributed by atoms with Crippen molar-refractivity contribution < 1.29 is 14.5 Å². The Bertz CT molecular complexity index is 571. The summed E-state index contributed by atoms with van der Waals surface area (Å²) < 4.78 is 13.5. The first-order chi connectivity index (χ1) is 9.58. The summed E-state index contributed by atoms with van der Waals surface area (Å²) in [5, 5.41) is 6.61. The number of anilines is 1. The molecule has 0 aliphatic carbocycles. The number of hydrogen-bond donors (Lipinski definition) is 2. The molecule has 0 fully saturated rings. The van der Waals surface area contributed by atoms with E-state index in [-0.39, 0.29) is 23.7 Å². The summed E-state index contributed by atoms with van der Waals surface area (Å²) in [6.45, 7) is 3.87. The van der Waals surface area contributed by atoms with Gasteiger partial charge in [0.1, 0.15) is 11.9 Å². The monoisotopic (exact) mass is 293 g/mol. The zero-order valence-corrected chi connectivity index (χ0v) is 12.3. The van der Waals surface area contributed by atoms with Gasteiger partial charge >= 0.3 is 0 Å². The lowest BCUT2D eigenvalue weighted by Crippen LogP contribution is -2.91. The number of halogens is 1. The fourth-order valence-corrected chi connectivity index (χ4v) is 2.74. The van der Waals surface area contributed by atoms with Gasteiger partial charge in [0.25, 0.3) is 5.91 Å². The number of amides is 1. The Labute approximate surface area is 121 Å². The summed E-state index contributed by atoms with van der Waals surface area (Å²) in [6.07, 6.45) is 0. The lowest BCUT2D eigenvalue weighted by Gasteiger charge is -2.15. The highest BCUT2D eigenvalue weighted by Gasteiger charge is 2.21. The molecule has 20 heavy (non-hydrogen) atoms. The summed E-state index contributed by atoms with van der Waals surface area (Å²) in [6, 6.07) is 10.1. The van der Waals surface area contributed by atoms with Crippen LogP contribution in [0.2, 0.25) is 0 Å². The normalized spacial score (nSPS) is 13.8. The molecular formula is C15H18FN2OS+. The molecule has 0 spiro atoms. The molecule has 0 saturated heterocycles. The van der Waals surface area contributed by atoms with Crippen molar-refractivity contribution in [2.75, 3.05) is 5.32 Å². The summed E-state index contributed by atoms with van der Waals surface area (Å²) >= 11 is 1.67. The molecule has 0 aliphatic heterocycles. The van der Waals surface area contributed by atoms with Crippen LogP contribution in [0, 0.1) is 5.82 Å². The smallest absolute Gasteiger partial charge is 0.282 e. The number of nitrogens with two attached hydrogens (primary N) is 1. The number of thiophene rings is 1. The predicted molar refractivity (Wildman–Crippen MR) is 79.2 cm³/mol. The molecule has 1 amide bonds. The average molecular weight is 293 g/mol. The Morgan fingerprint density at radius 2 is 2.00 bits per heavy atom. The molecule has 5 heteroatoms. The molecule has 0 unspecified atom stereocenters. The minimum Gasteiger partial charge on any atom is -0.330 e. The molecule has 0 bridgehead atoms. The predicted octanol–water partition coefficient (Wildman–Crippen LogP) is 2.54. The second kappa shape index (κ2) is 6.63. The Balaban J connectivity index is 1.94. The first kappa shape index (κ1) is 14.7. The van der Waals surface area contributed by atoms with Crippen molar-refractivity contribution in [3.63, 3.8) is 0 Å². The van der Waals surface area contributed by atoms with Crippen molar-refractivity contribution in [2.24, 2.45) is 0 Å². The van der Waals surface area contributed by atoms with Crippen molar-refractivity contribution in [1.29, 1.82) is 0 Å². The Kier molecular flexibility index (Phi) is 4.87. The van der Waals surface area contributed by atoms with Gasteiger partial charge < -0.3 is 10.6 Å². The van der Waals surface area contributed by atoms with E-state index in [0.29, 0.717) is 0 Å². The minimum absolute atomic E-state index is 0.196. The molecule has 0 radical (unpaired) electrons. The molecule has 2 atom stereocenters. The van der Waals surface area contributed by atoms with E-state index in [2.05, 4.69) is 12.2 Å². The van der Waals surface area contributed by atoms with Crippen LogP contribution in [0.1, 0.15) is 24.8 Å². The van der Waals surface area contributed by atoms with Gasteiger partial charge in [-0.05, 0) is 37.4 Å². The van der Waals surface area contributed by atoms with E-state index >= 15 is 0 Å². The van der Waals surface area contributed by atoms with E-state index in [1.165, 1.54) is 10.9 Å². The van der Waals surface area contributed by atoms with Gasteiger partial charge in [0.2, 0.25) is 0 Å². The van der Waals surface area contributed by atoms with Gasteiger partial charge in [-0.15, -0.1) is 11.3 Å². The molecule has 0 aliphatic rings. The maximum Gasteiger partial charge on any atom is 0.282 e. The summed E-state index contributed by atoms with van der Waals surface area (Å²) in [5.41, 5.74) is 0.224. The first-order valence-corrected chi connectivity index (χ1v) is 7.39. The van der Waals surface area contributed by atoms with E-state index in [1.807, 2.05) is 29.8 Å². The van der Waals surface area contributed by atoms with Crippen LogP contribution in [0.5, 0.6) is 0 Å². The van der Waals surface area contributed by atoms with Gasteiger partial charge in [-0.2, -0.15) is 0 Å². The van der Waals surface area contributed by atoms with Crippen LogP contribution < -0.4 is 10.6 Å². The lowest BCUT2D eigenvalue weighted by atomic mass is 10.2. The third kappa shape index (κ3) is 3.65. The van der Waals surface area contributed by atoms with E-state index < -0.39 is 5.82 Å². The topological polar surface area (TPSA) is 45.7 Å². The minimum atomic E-state index is -0.417. The zero-order valence-electron chi connectivity index (χ0n) is 11.5. The molecular weight excluding hydrogens is 275 g/mol. The number of carbonyl (C=O) groups excluding carboxylic acids is 1. The molecule has 1 aromatic heterocycles. The molecule has 2 rings (SSSR count). The average Bonchev–Trinajstić information content (AvgIpc) is 2.95. The van der Waals surface area contributed by atoms with Crippen molar-refractivity contribution in [3.8, 4) is 0 Å². The standard InChI is InChI=1S/C15H17FN2OS/c1-10(14-8-5-9-20-14)17-11(2)15(19)18-13-7-4-3-6-12(13)16/h3-11,17H,1-2H3,(H,18,19)/p+1/t10-,11-/m1/s1. The van der Waals surface area contributed by atoms with Gasteiger partial charge in [0.05, 0.1) is 10.6 Å². The maximum absolute atomic E-state index is 13.5. The molecule has 3 N–H and O–H groups in total. The molecule has 2 aromatic rings. The number of hydrogen-bond acceptors (Lipinski definition) is 2. The third-order valence-electron chi connectivity index (χ3n) is 3.11. The van der Waals surface area contributed by atoms with Gasteiger partial charge in [0, 0.05) is 0 Å². The highest BCUT2D eigenvalue weighted by Crippen LogP contribution is 2.15. The molecule has 1 aromatic carbocycles. The van der Waals surface area contributed by atoms with E-state index in [9.17, 15) is 9.18 Å². The number of rotatable bonds is 5. The van der Waals surface area contributed by atoms with Gasteiger partial charge in [0.15, 0.2) is 6.04 Å². The number of quaternary nitrogens is 1. The Hall–Kier alpha value is -1.72. The second-order valence-corrected chi connectivity index (χ2v) is 5.73. The van der Waals surface area contributed by atoms with E-state index in [1.54, 1.807) is 29.5 Å². The number of nitrogens with one attached hydrogen (secondary N) is 1. The van der Waals surface area contributed by atoms with Crippen LogP contribution in [0.15, 0.2) is 41.8 Å². The Morgan fingerprint density at radius 1 is 1.25 bits per heavy atom. The van der Waals surface area contributed by atoms with Crippen LogP contribution in [0.3, 0.4) is 0 Å². The van der Waals surface area contributed by atoms with Crippen molar-refractivity contribution in [3.05, 3.63) is 52.5 Å². The molecule has 1 heterocycles. The number of carbonyl (C=O) groups is 1. The number of para-hydroxylation sites is 1. The highest BCUT2D eigenvalue weighted by atomic mass is 32.1. The van der Waals surface area contributed by atoms with Crippen LogP contribution in [0.4, 0.5) is 10.1 Å². The van der Waals surface area contributed by atoms with Crippen molar-refractivity contribution in [2.45, 2.75) is 25.9 Å². The SMILES string of the molecule is C[C@@H]([NH2+][C@H](C)c1cccs1)C(=O)Nc1ccccc1F. The zero-order chi connectivity index (χ0) is 14.5. The lowest BCUT2D eigenvalue weighted by molar-refractivity contribution is -0.709. The van der Waals surface area contributed by atoms with E-state index in [0.717, 1.165) is 0 Å². The maximum atomic E-state index is 13.5. The second-order valence-electron chi connectivity index (χ2n) is 4.75. The van der Waals surface area contributed by atoms with Crippen LogP contribution in [-0.4, -0.2) is 11.9 Å². The van der Waals surface area contributed by atoms with Gasteiger partial charge in [-0.3, -0.25) is 4.79 Å². The highest BCUT2D eigenvalue weighted by molar-refractivity contribution is 7.10. The molecule has 3 nitrogen and oxygen atoms in total. The molecule has 0 saturated carbocycles. The van der Waals surface area contributed by atoms with E-state index in [4.69, 9.17) is 0 Å². The fraction of sp³-hybridized carbons (Fsp3) is 0.267. The Morgan fingerprint density at radius 3 is 2.65 bits per heavy atom. The van der Waals surface area contributed by atoms with Crippen LogP contribution in [-0.2, 0) is 4.79 Å². The number of benzene rings is 1. The summed E-state index contributed by atoms with van der Waals surface area (Å²) in [7, 11) is 0. The van der Waals surface area contributed by atoms with Crippen LogP contribution in [0.25, 0.3) is 0 Å². The largest absolute Gasteiger partial charge is 0.330 e. The fourth-order valence-electron chi connectivity index (χ4n) is 1.97. The van der Waals surface area contributed by atoms with Gasteiger partial charge in [-0.1, -0.05) is 18.2 Å². The van der Waals surface area contributed by atoms with Gasteiger partial charge in [-0.25, -0.2) is 4.39 Å².